The number of nitro groups is 1. The fourth-order valence-corrected chi connectivity index (χ4v) is 1.96. The largest absolute Gasteiger partial charge is 0.334 e. The first-order valence-corrected chi connectivity index (χ1v) is 6.09. The van der Waals surface area contributed by atoms with Gasteiger partial charge in [0.15, 0.2) is 5.82 Å². The Balaban J connectivity index is 1.94. The molecule has 0 amide bonds. The number of rotatable bonds is 4. The zero-order valence-electron chi connectivity index (χ0n) is 10.3. The lowest BCUT2D eigenvalue weighted by Crippen LogP contribution is -2.13. The maximum atomic E-state index is 13.4. The normalized spacial score (nSPS) is 16.1. The third-order valence-corrected chi connectivity index (χ3v) is 3.21. The van der Waals surface area contributed by atoms with Crippen LogP contribution in [0.25, 0.3) is 11.5 Å². The van der Waals surface area contributed by atoms with E-state index in [4.69, 9.17) is 10.3 Å². The summed E-state index contributed by atoms with van der Waals surface area (Å²) in [6.45, 7) is 0. The summed E-state index contributed by atoms with van der Waals surface area (Å²) in [6.07, 6.45) is 2.05. The van der Waals surface area contributed by atoms with Crippen LogP contribution in [-0.2, 0) is 0 Å². The maximum absolute atomic E-state index is 13.4. The lowest BCUT2D eigenvalue weighted by molar-refractivity contribution is -0.385. The molecule has 20 heavy (non-hydrogen) atoms. The smallest absolute Gasteiger partial charge is 0.273 e. The minimum absolute atomic E-state index is 0.0266. The molecule has 2 N–H and O–H groups in total. The van der Waals surface area contributed by atoms with Crippen molar-refractivity contribution in [1.29, 1.82) is 0 Å². The first-order valence-electron chi connectivity index (χ1n) is 6.09. The van der Waals surface area contributed by atoms with Crippen molar-refractivity contribution in [1.82, 2.24) is 10.1 Å². The first kappa shape index (κ1) is 12.7. The van der Waals surface area contributed by atoms with Crippen molar-refractivity contribution in [3.05, 3.63) is 40.0 Å². The quantitative estimate of drug-likeness (QED) is 0.678. The number of benzene rings is 1. The van der Waals surface area contributed by atoms with Crippen LogP contribution in [0.5, 0.6) is 0 Å². The van der Waals surface area contributed by atoms with Crippen LogP contribution in [0, 0.1) is 21.8 Å². The highest BCUT2D eigenvalue weighted by Crippen LogP contribution is 2.38. The molecule has 0 radical (unpaired) electrons. The van der Waals surface area contributed by atoms with Gasteiger partial charge < -0.3 is 10.3 Å². The van der Waals surface area contributed by atoms with E-state index < -0.39 is 10.7 Å². The van der Waals surface area contributed by atoms with Crippen molar-refractivity contribution < 1.29 is 13.8 Å². The molecule has 1 aliphatic carbocycles. The molecule has 1 fully saturated rings. The summed E-state index contributed by atoms with van der Waals surface area (Å²) in [7, 11) is 0. The van der Waals surface area contributed by atoms with Gasteiger partial charge in [0, 0.05) is 11.6 Å². The first-order chi connectivity index (χ1) is 9.54. The van der Waals surface area contributed by atoms with Gasteiger partial charge in [0.2, 0.25) is 0 Å². The fraction of sp³-hybridized carbons (Fsp3) is 0.333. The lowest BCUT2D eigenvalue weighted by Gasteiger charge is -2.01. The van der Waals surface area contributed by atoms with Gasteiger partial charge in [0.25, 0.3) is 11.6 Å². The third-order valence-electron chi connectivity index (χ3n) is 3.21. The van der Waals surface area contributed by atoms with Gasteiger partial charge >= 0.3 is 0 Å². The van der Waals surface area contributed by atoms with Crippen LogP contribution in [0.1, 0.15) is 24.7 Å². The van der Waals surface area contributed by atoms with E-state index in [-0.39, 0.29) is 23.2 Å². The summed E-state index contributed by atoms with van der Waals surface area (Å²) < 4.78 is 18.4. The predicted octanol–water partition coefficient (Wildman–Crippen LogP) is 2.19. The Bertz CT molecular complexity index is 668. The molecular weight excluding hydrogens is 267 g/mol. The van der Waals surface area contributed by atoms with Crippen molar-refractivity contribution >= 4 is 5.69 Å². The van der Waals surface area contributed by atoms with E-state index in [9.17, 15) is 14.5 Å². The van der Waals surface area contributed by atoms with Crippen LogP contribution in [0.4, 0.5) is 10.1 Å². The highest BCUT2D eigenvalue weighted by Gasteiger charge is 2.32. The molecule has 1 aliphatic rings. The molecule has 0 aliphatic heterocycles. The van der Waals surface area contributed by atoms with E-state index in [0.717, 1.165) is 25.0 Å². The molecule has 1 heterocycles. The van der Waals surface area contributed by atoms with E-state index in [1.165, 1.54) is 6.07 Å². The number of hydrogen-bond acceptors (Lipinski definition) is 6. The molecule has 3 rings (SSSR count). The molecule has 104 valence electrons. The summed E-state index contributed by atoms with van der Waals surface area (Å²) in [4.78, 5) is 14.1. The Labute approximate surface area is 112 Å². The van der Waals surface area contributed by atoms with Gasteiger partial charge in [-0.25, -0.2) is 4.39 Å². The summed E-state index contributed by atoms with van der Waals surface area (Å²) in [5.74, 6) is -0.0177. The minimum Gasteiger partial charge on any atom is -0.334 e. The third kappa shape index (κ3) is 2.37. The second-order valence-corrected chi connectivity index (χ2v) is 4.78. The van der Waals surface area contributed by atoms with Gasteiger partial charge in [0.05, 0.1) is 17.0 Å². The van der Waals surface area contributed by atoms with Crippen molar-refractivity contribution in [2.45, 2.75) is 18.9 Å². The van der Waals surface area contributed by atoms with E-state index in [1.807, 2.05) is 0 Å². The second-order valence-electron chi connectivity index (χ2n) is 4.78. The van der Waals surface area contributed by atoms with Gasteiger partial charge in [0.1, 0.15) is 5.82 Å². The summed E-state index contributed by atoms with van der Waals surface area (Å²) in [6, 6.07) is 2.81. The highest BCUT2D eigenvalue weighted by atomic mass is 19.1. The molecule has 0 bridgehead atoms. The summed E-state index contributed by atoms with van der Waals surface area (Å²) >= 11 is 0. The number of nitrogens with two attached hydrogens (primary N) is 1. The molecule has 1 unspecified atom stereocenters. The average molecular weight is 278 g/mol. The van der Waals surface area contributed by atoms with Gasteiger partial charge in [-0.15, -0.1) is 0 Å². The van der Waals surface area contributed by atoms with Crippen LogP contribution in [0.2, 0.25) is 0 Å². The van der Waals surface area contributed by atoms with Gasteiger partial charge in [-0.1, -0.05) is 5.16 Å². The maximum Gasteiger partial charge on any atom is 0.273 e. The van der Waals surface area contributed by atoms with Crippen LogP contribution < -0.4 is 5.73 Å². The molecule has 2 aromatic rings. The molecule has 1 aromatic heterocycles. The number of halogens is 1. The Morgan fingerprint density at radius 1 is 1.45 bits per heavy atom. The molecule has 0 saturated heterocycles. The van der Waals surface area contributed by atoms with Crippen LogP contribution in [0.3, 0.4) is 0 Å². The summed E-state index contributed by atoms with van der Waals surface area (Å²) in [5.41, 5.74) is 5.73. The van der Waals surface area contributed by atoms with E-state index in [2.05, 4.69) is 10.1 Å². The van der Waals surface area contributed by atoms with Crippen molar-refractivity contribution in [2.24, 2.45) is 11.7 Å². The fourth-order valence-electron chi connectivity index (χ4n) is 1.96. The topological polar surface area (TPSA) is 108 Å². The summed E-state index contributed by atoms with van der Waals surface area (Å²) in [5, 5.41) is 14.5. The molecule has 1 atom stereocenters. The highest BCUT2D eigenvalue weighted by molar-refractivity contribution is 5.57. The SMILES string of the molecule is NC(c1noc(-c2cc(F)cc([N+](=O)[O-])c2)n1)C1CC1. The number of aromatic nitrogens is 2. The Morgan fingerprint density at radius 2 is 2.20 bits per heavy atom. The number of non-ortho nitro benzene ring substituents is 1. The number of nitro benzene ring substituents is 1. The van der Waals surface area contributed by atoms with Crippen LogP contribution in [0.15, 0.2) is 22.7 Å². The van der Waals surface area contributed by atoms with Gasteiger partial charge in [-0.3, -0.25) is 10.1 Å². The second kappa shape index (κ2) is 4.64. The van der Waals surface area contributed by atoms with E-state index in [1.54, 1.807) is 0 Å². The van der Waals surface area contributed by atoms with E-state index in [0.29, 0.717) is 11.7 Å². The van der Waals surface area contributed by atoms with Crippen molar-refractivity contribution in [2.75, 3.05) is 0 Å². The molecule has 7 nitrogen and oxygen atoms in total. The molecule has 0 spiro atoms. The number of nitrogens with zero attached hydrogens (tertiary/aromatic N) is 3. The Hall–Kier alpha value is -2.35. The molecule has 8 heteroatoms. The Kier molecular flexibility index (Phi) is 2.94. The number of hydrogen-bond donors (Lipinski definition) is 1. The molecule has 1 aromatic carbocycles. The molecular formula is C12H11FN4O3. The molecule has 1 saturated carbocycles. The van der Waals surface area contributed by atoms with Crippen molar-refractivity contribution in [3.8, 4) is 11.5 Å². The predicted molar refractivity (Wildman–Crippen MR) is 66.0 cm³/mol. The monoisotopic (exact) mass is 278 g/mol. The zero-order chi connectivity index (χ0) is 14.3. The zero-order valence-corrected chi connectivity index (χ0v) is 10.3. The lowest BCUT2D eigenvalue weighted by atomic mass is 10.2. The Morgan fingerprint density at radius 3 is 2.85 bits per heavy atom. The average Bonchev–Trinajstić information content (AvgIpc) is 3.14. The standard InChI is InChI=1S/C12H11FN4O3/c13-8-3-7(4-9(5-8)17(18)19)12-15-11(16-20-12)10(14)6-1-2-6/h3-6,10H,1-2,14H2. The van der Waals surface area contributed by atoms with Crippen LogP contribution >= 0.6 is 0 Å². The van der Waals surface area contributed by atoms with Crippen LogP contribution in [-0.4, -0.2) is 15.1 Å². The van der Waals surface area contributed by atoms with E-state index >= 15 is 0 Å². The van der Waals surface area contributed by atoms with Gasteiger partial charge in [-0.2, -0.15) is 4.98 Å². The minimum atomic E-state index is -0.736. The van der Waals surface area contributed by atoms with Crippen molar-refractivity contribution in [3.63, 3.8) is 0 Å². The van der Waals surface area contributed by atoms with Gasteiger partial charge in [-0.05, 0) is 24.8 Å².